The molecule has 0 saturated heterocycles. The van der Waals surface area contributed by atoms with Crippen LogP contribution in [0.1, 0.15) is 21.5 Å². The number of halogens is 1. The summed E-state index contributed by atoms with van der Waals surface area (Å²) in [7, 11) is 1.40. The molecule has 0 aliphatic heterocycles. The van der Waals surface area contributed by atoms with Crippen molar-refractivity contribution in [2.75, 3.05) is 7.11 Å². The highest BCUT2D eigenvalue weighted by molar-refractivity contribution is 5.89. The summed E-state index contributed by atoms with van der Waals surface area (Å²) in [6.07, 6.45) is 8.27. The van der Waals surface area contributed by atoms with Crippen LogP contribution >= 0.6 is 0 Å². The zero-order valence-electron chi connectivity index (χ0n) is 13.4. The third-order valence-corrected chi connectivity index (χ3v) is 3.66. The molecule has 0 atom stereocenters. The second-order valence-corrected chi connectivity index (χ2v) is 5.43. The first-order valence-electron chi connectivity index (χ1n) is 7.50. The van der Waals surface area contributed by atoms with Gasteiger partial charge in [-0.1, -0.05) is 12.1 Å². The van der Waals surface area contributed by atoms with Gasteiger partial charge in [0, 0.05) is 29.6 Å². The van der Waals surface area contributed by atoms with Crippen molar-refractivity contribution in [2.24, 2.45) is 0 Å². The highest BCUT2D eigenvalue weighted by Gasteiger charge is 2.09. The summed E-state index contributed by atoms with van der Waals surface area (Å²) >= 11 is 0. The van der Waals surface area contributed by atoms with E-state index in [1.807, 2.05) is 42.6 Å². The van der Waals surface area contributed by atoms with Crippen molar-refractivity contribution < 1.29 is 26.5 Å². The number of methoxy groups -OCH3 is 1. The van der Waals surface area contributed by atoms with Crippen molar-refractivity contribution in [2.45, 2.75) is 13.1 Å². The smallest absolute Gasteiger partial charge is 0.337 e. The van der Waals surface area contributed by atoms with Crippen LogP contribution in [0, 0.1) is 0 Å². The van der Waals surface area contributed by atoms with Crippen LogP contribution in [0.25, 0.3) is 0 Å². The monoisotopic (exact) mass is 342 g/mol. The van der Waals surface area contributed by atoms with Crippen molar-refractivity contribution >= 4 is 5.97 Å². The molecule has 3 rings (SSSR count). The van der Waals surface area contributed by atoms with Gasteiger partial charge in [0.25, 0.3) is 0 Å². The van der Waals surface area contributed by atoms with E-state index in [0.717, 1.165) is 12.1 Å². The van der Waals surface area contributed by atoms with E-state index in [-0.39, 0.29) is 18.4 Å². The lowest BCUT2D eigenvalue weighted by Crippen LogP contribution is -3.00. The Morgan fingerprint density at radius 3 is 2.58 bits per heavy atom. The van der Waals surface area contributed by atoms with E-state index in [1.165, 1.54) is 12.7 Å². The van der Waals surface area contributed by atoms with Gasteiger partial charge >= 0.3 is 5.97 Å². The Hall–Kier alpha value is -2.59. The van der Waals surface area contributed by atoms with Crippen LogP contribution in [-0.4, -0.2) is 17.6 Å². The van der Waals surface area contributed by atoms with Crippen molar-refractivity contribution in [3.05, 3.63) is 90.0 Å². The van der Waals surface area contributed by atoms with Gasteiger partial charge in [-0.15, -0.1) is 0 Å². The van der Waals surface area contributed by atoms with Crippen LogP contribution in [0.3, 0.4) is 0 Å². The number of carbonyl (C=O) groups excluding carboxylic acids is 1. The lowest BCUT2D eigenvalue weighted by Gasteiger charge is -2.04. The maximum absolute atomic E-state index is 11.6. The number of benzene rings is 1. The van der Waals surface area contributed by atoms with Crippen molar-refractivity contribution in [3.8, 4) is 0 Å². The van der Waals surface area contributed by atoms with E-state index in [4.69, 9.17) is 4.74 Å². The first-order valence-corrected chi connectivity index (χ1v) is 7.50. The van der Waals surface area contributed by atoms with E-state index in [2.05, 4.69) is 33.8 Å². The SMILES string of the molecule is COC(=O)c1cccc(C[n+]2cccc(Cn3cccc3)c2)c1.[Cl-]. The molecule has 0 aliphatic carbocycles. The number of ether oxygens (including phenoxy) is 1. The lowest BCUT2D eigenvalue weighted by atomic mass is 10.1. The van der Waals surface area contributed by atoms with Crippen molar-refractivity contribution in [1.82, 2.24) is 4.57 Å². The Labute approximate surface area is 147 Å². The predicted molar refractivity (Wildman–Crippen MR) is 87.1 cm³/mol. The number of hydrogen-bond donors (Lipinski definition) is 0. The molecule has 0 N–H and O–H groups in total. The Morgan fingerprint density at radius 1 is 1.08 bits per heavy atom. The van der Waals surface area contributed by atoms with Crippen molar-refractivity contribution in [1.29, 1.82) is 0 Å². The molecule has 0 unspecified atom stereocenters. The second kappa shape index (κ2) is 8.31. The van der Waals surface area contributed by atoms with Gasteiger partial charge in [0.05, 0.1) is 19.2 Å². The lowest BCUT2D eigenvalue weighted by molar-refractivity contribution is -0.688. The maximum atomic E-state index is 11.6. The van der Waals surface area contributed by atoms with Gasteiger partial charge < -0.3 is 21.7 Å². The first-order chi connectivity index (χ1) is 11.2. The van der Waals surface area contributed by atoms with Crippen LogP contribution in [0.15, 0.2) is 73.3 Å². The molecule has 4 nitrogen and oxygen atoms in total. The highest BCUT2D eigenvalue weighted by Crippen LogP contribution is 2.07. The van der Waals surface area contributed by atoms with E-state index < -0.39 is 0 Å². The Kier molecular flexibility index (Phi) is 6.15. The molecular weight excluding hydrogens is 324 g/mol. The van der Waals surface area contributed by atoms with Gasteiger partial charge in [-0.25, -0.2) is 9.36 Å². The quantitative estimate of drug-likeness (QED) is 0.470. The maximum Gasteiger partial charge on any atom is 0.337 e. The van der Waals surface area contributed by atoms with Gasteiger partial charge in [-0.3, -0.25) is 0 Å². The largest absolute Gasteiger partial charge is 1.00 e. The second-order valence-electron chi connectivity index (χ2n) is 5.43. The summed E-state index contributed by atoms with van der Waals surface area (Å²) < 4.78 is 9.03. The number of nitrogens with zero attached hydrogens (tertiary/aromatic N) is 2. The molecule has 0 aliphatic rings. The molecule has 1 aromatic carbocycles. The van der Waals surface area contributed by atoms with Gasteiger partial charge in [0.2, 0.25) is 0 Å². The van der Waals surface area contributed by atoms with Gasteiger partial charge in [0.1, 0.15) is 0 Å². The van der Waals surface area contributed by atoms with Crippen LogP contribution in [0.5, 0.6) is 0 Å². The molecule has 5 heteroatoms. The molecule has 0 bridgehead atoms. The third kappa shape index (κ3) is 4.46. The normalized spacial score (nSPS) is 10.0. The summed E-state index contributed by atoms with van der Waals surface area (Å²) in [6.45, 7) is 1.56. The highest BCUT2D eigenvalue weighted by atomic mass is 35.5. The molecule has 0 fully saturated rings. The van der Waals surface area contributed by atoms with E-state index in [1.54, 1.807) is 6.07 Å². The molecule has 0 saturated carbocycles. The van der Waals surface area contributed by atoms with E-state index >= 15 is 0 Å². The molecule has 2 aromatic heterocycles. The van der Waals surface area contributed by atoms with Gasteiger partial charge in [0.15, 0.2) is 18.9 Å². The average Bonchev–Trinajstić information content (AvgIpc) is 3.07. The Balaban J connectivity index is 0.00000208. The number of rotatable bonds is 5. The molecule has 0 amide bonds. The fraction of sp³-hybridized carbons (Fsp3) is 0.158. The van der Waals surface area contributed by atoms with Crippen LogP contribution in [0.2, 0.25) is 0 Å². The van der Waals surface area contributed by atoms with E-state index in [0.29, 0.717) is 12.1 Å². The summed E-state index contributed by atoms with van der Waals surface area (Å²) in [5, 5.41) is 0. The molecular formula is C19H19ClN2O2. The molecule has 24 heavy (non-hydrogen) atoms. The molecule has 3 aromatic rings. The fourth-order valence-corrected chi connectivity index (χ4v) is 2.58. The molecule has 124 valence electrons. The number of aromatic nitrogens is 2. The van der Waals surface area contributed by atoms with Gasteiger partial charge in [-0.05, 0) is 30.3 Å². The summed E-state index contributed by atoms with van der Waals surface area (Å²) in [5.74, 6) is -0.307. The summed E-state index contributed by atoms with van der Waals surface area (Å²) in [5.41, 5.74) is 2.87. The van der Waals surface area contributed by atoms with Crippen LogP contribution in [0.4, 0.5) is 0 Å². The predicted octanol–water partition coefficient (Wildman–Crippen LogP) is -0.337. The number of pyridine rings is 1. The van der Waals surface area contributed by atoms with Crippen LogP contribution < -0.4 is 17.0 Å². The topological polar surface area (TPSA) is 35.1 Å². The average molecular weight is 343 g/mol. The minimum absolute atomic E-state index is 0. The van der Waals surface area contributed by atoms with E-state index in [9.17, 15) is 4.79 Å². The number of hydrogen-bond acceptors (Lipinski definition) is 2. The Morgan fingerprint density at radius 2 is 1.83 bits per heavy atom. The Bertz CT molecular complexity index is 801. The van der Waals surface area contributed by atoms with Crippen molar-refractivity contribution in [3.63, 3.8) is 0 Å². The number of esters is 1. The minimum Gasteiger partial charge on any atom is -1.00 e. The zero-order valence-corrected chi connectivity index (χ0v) is 14.2. The van der Waals surface area contributed by atoms with Gasteiger partial charge in [-0.2, -0.15) is 0 Å². The zero-order chi connectivity index (χ0) is 16.1. The summed E-state index contributed by atoms with van der Waals surface area (Å²) in [6, 6.07) is 15.7. The fourth-order valence-electron chi connectivity index (χ4n) is 2.58. The third-order valence-electron chi connectivity index (χ3n) is 3.66. The van der Waals surface area contributed by atoms with Crippen LogP contribution in [-0.2, 0) is 17.8 Å². The first kappa shape index (κ1) is 17.8. The summed E-state index contributed by atoms with van der Waals surface area (Å²) in [4.78, 5) is 11.6. The molecule has 2 heterocycles. The molecule has 0 radical (unpaired) electrons. The standard InChI is InChI=1S/C19H19N2O2.ClH/c1-23-19(22)18-8-4-6-16(12-18)13-21-11-5-7-17(15-21)14-20-9-2-3-10-20;/h2-12,15H,13-14H2,1H3;1H/q+1;/p-1. The minimum atomic E-state index is -0.307. The number of carbonyl (C=O) groups is 1. The molecule has 0 spiro atoms.